The molecular formula is C19H25N5O. The van der Waals surface area contributed by atoms with Crippen LogP contribution in [0.2, 0.25) is 0 Å². The Balaban J connectivity index is 1.58. The molecule has 1 fully saturated rings. The molecular weight excluding hydrogens is 314 g/mol. The van der Waals surface area contributed by atoms with E-state index >= 15 is 0 Å². The van der Waals surface area contributed by atoms with E-state index in [2.05, 4.69) is 20.1 Å². The van der Waals surface area contributed by atoms with Crippen molar-refractivity contribution in [3.63, 3.8) is 0 Å². The molecule has 0 bridgehead atoms. The first-order chi connectivity index (χ1) is 12.2. The zero-order valence-electron chi connectivity index (χ0n) is 14.5. The van der Waals surface area contributed by atoms with Gasteiger partial charge in [-0.3, -0.25) is 4.79 Å². The first-order valence-corrected chi connectivity index (χ1v) is 9.29. The highest BCUT2D eigenvalue weighted by molar-refractivity contribution is 5.98. The van der Waals surface area contributed by atoms with E-state index in [-0.39, 0.29) is 5.91 Å². The number of aryl methyl sites for hydroxylation is 1. The van der Waals surface area contributed by atoms with Crippen LogP contribution in [0.1, 0.15) is 50.8 Å². The highest BCUT2D eigenvalue weighted by atomic mass is 16.2. The number of hydrogen-bond acceptors (Lipinski definition) is 4. The number of nitrogens with one attached hydrogen (secondary N) is 1. The summed E-state index contributed by atoms with van der Waals surface area (Å²) in [6, 6.07) is 7.84. The molecule has 3 N–H and O–H groups in total. The van der Waals surface area contributed by atoms with Gasteiger partial charge < -0.3 is 15.6 Å². The van der Waals surface area contributed by atoms with Crippen molar-refractivity contribution >= 4 is 11.6 Å². The van der Waals surface area contributed by atoms with Crippen LogP contribution in [0.15, 0.2) is 24.3 Å². The minimum Gasteiger partial charge on any atom is -0.324 e. The van der Waals surface area contributed by atoms with Crippen LogP contribution in [-0.4, -0.2) is 26.2 Å². The van der Waals surface area contributed by atoms with Crippen LogP contribution in [0, 0.1) is 0 Å². The lowest BCUT2D eigenvalue weighted by molar-refractivity contribution is -0.121. The Hall–Kier alpha value is -2.21. The molecule has 132 valence electrons. The Morgan fingerprint density at radius 2 is 1.96 bits per heavy atom. The van der Waals surface area contributed by atoms with E-state index in [4.69, 9.17) is 5.73 Å². The zero-order chi connectivity index (χ0) is 17.3. The highest BCUT2D eigenvalue weighted by Gasteiger charge is 2.37. The van der Waals surface area contributed by atoms with Gasteiger partial charge in [-0.1, -0.05) is 31.4 Å². The topological polar surface area (TPSA) is 85.8 Å². The molecule has 6 nitrogen and oxygen atoms in total. The molecule has 2 heterocycles. The normalized spacial score (nSPS) is 19.2. The van der Waals surface area contributed by atoms with Gasteiger partial charge in [-0.05, 0) is 37.8 Å². The van der Waals surface area contributed by atoms with Crippen LogP contribution in [0.25, 0.3) is 11.4 Å². The standard InChI is InChI=1S/C19H25N5O/c20-19(10-3-4-11-19)18(25)21-15-8-6-7-14(13-15)17-23-22-16-9-2-1-5-12-24(16)17/h6-8,13H,1-5,9-12,20H2,(H,21,25). The van der Waals surface area contributed by atoms with Gasteiger partial charge in [0.2, 0.25) is 5.91 Å². The van der Waals surface area contributed by atoms with Gasteiger partial charge in [0.25, 0.3) is 0 Å². The van der Waals surface area contributed by atoms with E-state index < -0.39 is 5.54 Å². The van der Waals surface area contributed by atoms with Crippen molar-refractivity contribution in [1.29, 1.82) is 0 Å². The van der Waals surface area contributed by atoms with Crippen LogP contribution in [0.3, 0.4) is 0 Å². The number of amides is 1. The fourth-order valence-electron chi connectivity index (χ4n) is 3.92. The summed E-state index contributed by atoms with van der Waals surface area (Å²) in [5, 5.41) is 11.8. The van der Waals surface area contributed by atoms with Gasteiger partial charge in [0.05, 0.1) is 5.54 Å². The van der Waals surface area contributed by atoms with Crippen LogP contribution >= 0.6 is 0 Å². The van der Waals surface area contributed by atoms with Gasteiger partial charge in [-0.25, -0.2) is 0 Å². The molecule has 0 atom stereocenters. The first-order valence-electron chi connectivity index (χ1n) is 9.29. The Morgan fingerprint density at radius 3 is 2.80 bits per heavy atom. The van der Waals surface area contributed by atoms with Crippen LogP contribution in [0.4, 0.5) is 5.69 Å². The number of anilines is 1. The molecule has 2 aromatic rings. The lowest BCUT2D eigenvalue weighted by Gasteiger charge is -2.22. The Bertz CT molecular complexity index is 776. The van der Waals surface area contributed by atoms with Crippen molar-refractivity contribution in [3.05, 3.63) is 30.1 Å². The highest BCUT2D eigenvalue weighted by Crippen LogP contribution is 2.29. The van der Waals surface area contributed by atoms with E-state index in [1.807, 2.05) is 24.3 Å². The predicted molar refractivity (Wildman–Crippen MR) is 97.0 cm³/mol. The molecule has 0 unspecified atom stereocenters. The van der Waals surface area contributed by atoms with E-state index in [1.54, 1.807) is 0 Å². The maximum atomic E-state index is 12.5. The van der Waals surface area contributed by atoms with Gasteiger partial charge in [0.1, 0.15) is 5.82 Å². The fourth-order valence-corrected chi connectivity index (χ4v) is 3.92. The second-order valence-corrected chi connectivity index (χ2v) is 7.30. The van der Waals surface area contributed by atoms with Crippen molar-refractivity contribution in [2.75, 3.05) is 5.32 Å². The van der Waals surface area contributed by atoms with Gasteiger partial charge in [-0.15, -0.1) is 10.2 Å². The molecule has 0 spiro atoms. The van der Waals surface area contributed by atoms with Crippen molar-refractivity contribution in [3.8, 4) is 11.4 Å². The average molecular weight is 339 g/mol. The monoisotopic (exact) mass is 339 g/mol. The lowest BCUT2D eigenvalue weighted by atomic mass is 9.98. The summed E-state index contributed by atoms with van der Waals surface area (Å²) in [4.78, 5) is 12.5. The maximum Gasteiger partial charge on any atom is 0.244 e. The van der Waals surface area contributed by atoms with Gasteiger partial charge >= 0.3 is 0 Å². The van der Waals surface area contributed by atoms with Gasteiger partial charge in [0, 0.05) is 24.2 Å². The molecule has 1 saturated carbocycles. The Morgan fingerprint density at radius 1 is 1.12 bits per heavy atom. The number of aromatic nitrogens is 3. The molecule has 1 aromatic heterocycles. The second-order valence-electron chi connectivity index (χ2n) is 7.30. The minimum atomic E-state index is -0.720. The molecule has 0 radical (unpaired) electrons. The smallest absolute Gasteiger partial charge is 0.244 e. The van der Waals surface area contributed by atoms with Crippen LogP contribution < -0.4 is 11.1 Å². The summed E-state index contributed by atoms with van der Waals surface area (Å²) in [6.45, 7) is 0.958. The molecule has 25 heavy (non-hydrogen) atoms. The Labute approximate surface area is 147 Å². The largest absolute Gasteiger partial charge is 0.324 e. The number of nitrogens with two attached hydrogens (primary N) is 1. The summed E-state index contributed by atoms with van der Waals surface area (Å²) in [5.41, 5.74) is 7.28. The third-order valence-corrected chi connectivity index (χ3v) is 5.44. The van der Waals surface area contributed by atoms with Crippen LogP contribution in [-0.2, 0) is 17.8 Å². The summed E-state index contributed by atoms with van der Waals surface area (Å²) < 4.78 is 2.22. The molecule has 1 aromatic carbocycles. The molecule has 2 aliphatic rings. The number of rotatable bonds is 3. The van der Waals surface area contributed by atoms with Gasteiger partial charge in [0.15, 0.2) is 5.82 Å². The predicted octanol–water partition coefficient (Wildman–Crippen LogP) is 2.88. The van der Waals surface area contributed by atoms with E-state index in [9.17, 15) is 4.79 Å². The SMILES string of the molecule is NC1(C(=O)Nc2cccc(-c3nnc4n3CCCCC4)c2)CCCC1. The van der Waals surface area contributed by atoms with Crippen molar-refractivity contribution in [1.82, 2.24) is 14.8 Å². The van der Waals surface area contributed by atoms with Gasteiger partial charge in [-0.2, -0.15) is 0 Å². The average Bonchev–Trinajstić information content (AvgIpc) is 3.16. The third kappa shape index (κ3) is 3.18. The number of carbonyl (C=O) groups is 1. The summed E-state index contributed by atoms with van der Waals surface area (Å²) in [7, 11) is 0. The van der Waals surface area contributed by atoms with E-state index in [1.165, 1.54) is 12.8 Å². The molecule has 1 aliphatic heterocycles. The lowest BCUT2D eigenvalue weighted by Crippen LogP contribution is -2.48. The zero-order valence-corrected chi connectivity index (χ0v) is 14.5. The summed E-state index contributed by atoms with van der Waals surface area (Å²) >= 11 is 0. The number of fused-ring (bicyclic) bond motifs is 1. The maximum absolute atomic E-state index is 12.5. The molecule has 1 amide bonds. The van der Waals surface area contributed by atoms with Crippen molar-refractivity contribution in [2.24, 2.45) is 5.73 Å². The van der Waals surface area contributed by atoms with E-state index in [0.717, 1.165) is 68.0 Å². The van der Waals surface area contributed by atoms with Crippen LogP contribution in [0.5, 0.6) is 0 Å². The first kappa shape index (κ1) is 16.3. The van der Waals surface area contributed by atoms with E-state index in [0.29, 0.717) is 0 Å². The number of carbonyl (C=O) groups excluding carboxylic acids is 1. The molecule has 1 aliphatic carbocycles. The summed E-state index contributed by atoms with van der Waals surface area (Å²) in [6.07, 6.45) is 8.12. The number of benzene rings is 1. The fraction of sp³-hybridized carbons (Fsp3) is 0.526. The second kappa shape index (κ2) is 6.59. The molecule has 0 saturated heterocycles. The quantitative estimate of drug-likeness (QED) is 0.900. The number of hydrogen-bond donors (Lipinski definition) is 2. The minimum absolute atomic E-state index is 0.0813. The third-order valence-electron chi connectivity index (χ3n) is 5.44. The Kier molecular flexibility index (Phi) is 4.29. The van der Waals surface area contributed by atoms with Crippen molar-refractivity contribution < 1.29 is 4.79 Å². The molecule has 4 rings (SSSR count). The number of nitrogens with zero attached hydrogens (tertiary/aromatic N) is 3. The van der Waals surface area contributed by atoms with Crippen molar-refractivity contribution in [2.45, 2.75) is 63.5 Å². The summed E-state index contributed by atoms with van der Waals surface area (Å²) in [5.74, 6) is 1.87. The molecule has 6 heteroatoms.